The van der Waals surface area contributed by atoms with E-state index >= 15 is 0 Å². The Morgan fingerprint density at radius 1 is 1.44 bits per heavy atom. The molecule has 1 aromatic heterocycles. The molecule has 0 atom stereocenters. The van der Waals surface area contributed by atoms with Crippen LogP contribution in [-0.2, 0) is 11.3 Å². The molecule has 0 aliphatic carbocycles. The van der Waals surface area contributed by atoms with Gasteiger partial charge in [-0.15, -0.1) is 0 Å². The fraction of sp³-hybridized carbons (Fsp3) is 0.833. The monoisotopic (exact) mass is 255 g/mol. The molecule has 0 unspecified atom stereocenters. The molecule has 0 saturated heterocycles. The van der Waals surface area contributed by atoms with Crippen LogP contribution >= 0.6 is 0 Å². The van der Waals surface area contributed by atoms with Gasteiger partial charge >= 0.3 is 0 Å². The zero-order valence-electron chi connectivity index (χ0n) is 11.7. The van der Waals surface area contributed by atoms with Gasteiger partial charge in [-0.25, -0.2) is 9.67 Å². The molecule has 104 valence electrons. The van der Waals surface area contributed by atoms with Crippen LogP contribution in [0.15, 0.2) is 6.33 Å². The van der Waals surface area contributed by atoms with Gasteiger partial charge in [-0.1, -0.05) is 0 Å². The fourth-order valence-corrected chi connectivity index (χ4v) is 1.82. The van der Waals surface area contributed by atoms with Crippen LogP contribution in [0, 0.1) is 0 Å². The average Bonchev–Trinajstić information content (AvgIpc) is 2.80. The molecule has 1 aromatic rings. The number of hydrogen-bond acceptors (Lipinski definition) is 5. The second-order valence-electron chi connectivity index (χ2n) is 4.63. The van der Waals surface area contributed by atoms with E-state index in [-0.39, 0.29) is 0 Å². The molecule has 1 rings (SSSR count). The number of methoxy groups -OCH3 is 1. The summed E-state index contributed by atoms with van der Waals surface area (Å²) in [4.78, 5) is 6.64. The lowest BCUT2D eigenvalue weighted by Crippen LogP contribution is -2.31. The van der Waals surface area contributed by atoms with Crippen LogP contribution in [0.25, 0.3) is 0 Å². The van der Waals surface area contributed by atoms with Gasteiger partial charge < -0.3 is 10.5 Å². The molecular weight excluding hydrogens is 230 g/mol. The van der Waals surface area contributed by atoms with Gasteiger partial charge in [0.25, 0.3) is 0 Å². The highest BCUT2D eigenvalue weighted by Crippen LogP contribution is 2.08. The Bertz CT molecular complexity index is 318. The van der Waals surface area contributed by atoms with Gasteiger partial charge in [0.15, 0.2) is 0 Å². The Morgan fingerprint density at radius 2 is 2.22 bits per heavy atom. The molecule has 18 heavy (non-hydrogen) atoms. The van der Waals surface area contributed by atoms with Crippen molar-refractivity contribution in [1.29, 1.82) is 0 Å². The van der Waals surface area contributed by atoms with E-state index < -0.39 is 0 Å². The van der Waals surface area contributed by atoms with Crippen molar-refractivity contribution in [2.45, 2.75) is 32.9 Å². The average molecular weight is 255 g/mol. The van der Waals surface area contributed by atoms with Gasteiger partial charge in [0.1, 0.15) is 12.2 Å². The van der Waals surface area contributed by atoms with E-state index in [9.17, 15) is 0 Å². The zero-order valence-corrected chi connectivity index (χ0v) is 11.7. The molecule has 0 aliphatic rings. The Balaban J connectivity index is 2.59. The van der Waals surface area contributed by atoms with E-state index in [0.29, 0.717) is 12.6 Å². The van der Waals surface area contributed by atoms with Gasteiger partial charge in [0.05, 0.1) is 13.2 Å². The summed E-state index contributed by atoms with van der Waals surface area (Å²) in [6.07, 6.45) is 2.60. The standard InChI is InChI=1S/C12H25N5O/c1-11(2)17-12(14-10-15-17)9-16(6-4-5-13)7-8-18-3/h10-11H,4-9,13H2,1-3H3. The first kappa shape index (κ1) is 15.1. The van der Waals surface area contributed by atoms with Crippen molar-refractivity contribution < 1.29 is 4.74 Å². The zero-order chi connectivity index (χ0) is 13.4. The summed E-state index contributed by atoms with van der Waals surface area (Å²) in [5, 5.41) is 4.25. The summed E-state index contributed by atoms with van der Waals surface area (Å²) in [5.41, 5.74) is 5.57. The van der Waals surface area contributed by atoms with E-state index in [2.05, 4.69) is 28.8 Å². The van der Waals surface area contributed by atoms with Crippen molar-refractivity contribution >= 4 is 0 Å². The molecule has 6 heteroatoms. The summed E-state index contributed by atoms with van der Waals surface area (Å²) < 4.78 is 7.09. The molecule has 0 bridgehead atoms. The first-order chi connectivity index (χ1) is 8.69. The molecule has 0 aromatic carbocycles. The molecular formula is C12H25N5O. The predicted molar refractivity (Wildman–Crippen MR) is 71.2 cm³/mol. The van der Waals surface area contributed by atoms with Crippen LogP contribution < -0.4 is 5.73 Å². The quantitative estimate of drug-likeness (QED) is 0.702. The lowest BCUT2D eigenvalue weighted by molar-refractivity contribution is 0.140. The van der Waals surface area contributed by atoms with Crippen LogP contribution in [0.2, 0.25) is 0 Å². The van der Waals surface area contributed by atoms with Crippen LogP contribution in [-0.4, -0.2) is 53.0 Å². The largest absolute Gasteiger partial charge is 0.383 e. The third kappa shape index (κ3) is 4.72. The molecule has 0 radical (unpaired) electrons. The lowest BCUT2D eigenvalue weighted by Gasteiger charge is -2.22. The first-order valence-electron chi connectivity index (χ1n) is 6.48. The number of rotatable bonds is 9. The topological polar surface area (TPSA) is 69.2 Å². The van der Waals surface area contributed by atoms with Gasteiger partial charge in [0.2, 0.25) is 0 Å². The summed E-state index contributed by atoms with van der Waals surface area (Å²) in [5.74, 6) is 0.998. The SMILES string of the molecule is COCCN(CCCN)Cc1ncnn1C(C)C. The molecule has 2 N–H and O–H groups in total. The minimum Gasteiger partial charge on any atom is -0.383 e. The van der Waals surface area contributed by atoms with Crippen molar-refractivity contribution in [3.63, 3.8) is 0 Å². The Kier molecular flexibility index (Phi) is 6.85. The molecule has 1 heterocycles. The maximum absolute atomic E-state index is 5.57. The molecule has 0 amide bonds. The number of hydrogen-bond donors (Lipinski definition) is 1. The molecule has 6 nitrogen and oxygen atoms in total. The van der Waals surface area contributed by atoms with E-state index in [1.807, 2.05) is 4.68 Å². The van der Waals surface area contributed by atoms with E-state index in [0.717, 1.165) is 38.5 Å². The van der Waals surface area contributed by atoms with Gasteiger partial charge in [-0.2, -0.15) is 5.10 Å². The van der Waals surface area contributed by atoms with Crippen molar-refractivity contribution in [1.82, 2.24) is 19.7 Å². The van der Waals surface area contributed by atoms with Crippen molar-refractivity contribution in [3.8, 4) is 0 Å². The first-order valence-corrected chi connectivity index (χ1v) is 6.48. The highest BCUT2D eigenvalue weighted by Gasteiger charge is 2.12. The molecule has 0 spiro atoms. The Labute approximate surface area is 109 Å². The highest BCUT2D eigenvalue weighted by atomic mass is 16.5. The maximum atomic E-state index is 5.57. The second-order valence-corrected chi connectivity index (χ2v) is 4.63. The second kappa shape index (κ2) is 8.18. The predicted octanol–water partition coefficient (Wildman–Crippen LogP) is 0.656. The highest BCUT2D eigenvalue weighted by molar-refractivity contribution is 4.86. The number of aromatic nitrogens is 3. The number of ether oxygens (including phenoxy) is 1. The van der Waals surface area contributed by atoms with Crippen LogP contribution in [0.3, 0.4) is 0 Å². The minimum absolute atomic E-state index is 0.335. The van der Waals surface area contributed by atoms with Crippen LogP contribution in [0.5, 0.6) is 0 Å². The smallest absolute Gasteiger partial charge is 0.141 e. The Morgan fingerprint density at radius 3 is 2.83 bits per heavy atom. The number of nitrogens with zero attached hydrogens (tertiary/aromatic N) is 4. The van der Waals surface area contributed by atoms with Gasteiger partial charge in [0, 0.05) is 19.7 Å². The third-order valence-electron chi connectivity index (χ3n) is 2.79. The Hall–Kier alpha value is -0.980. The number of nitrogens with two attached hydrogens (primary N) is 1. The van der Waals surface area contributed by atoms with E-state index in [4.69, 9.17) is 10.5 Å². The van der Waals surface area contributed by atoms with Crippen LogP contribution in [0.4, 0.5) is 0 Å². The van der Waals surface area contributed by atoms with Gasteiger partial charge in [-0.3, -0.25) is 4.90 Å². The van der Waals surface area contributed by atoms with Crippen molar-refractivity contribution in [2.75, 3.05) is 33.4 Å². The van der Waals surface area contributed by atoms with Crippen LogP contribution in [0.1, 0.15) is 32.1 Å². The molecule has 0 aliphatic heterocycles. The van der Waals surface area contributed by atoms with Crippen molar-refractivity contribution in [2.24, 2.45) is 5.73 Å². The summed E-state index contributed by atoms with van der Waals surface area (Å²) in [7, 11) is 1.72. The minimum atomic E-state index is 0.335. The van der Waals surface area contributed by atoms with E-state index in [1.165, 1.54) is 0 Å². The fourth-order valence-electron chi connectivity index (χ4n) is 1.82. The molecule has 0 fully saturated rings. The summed E-state index contributed by atoms with van der Waals surface area (Å²) in [6.45, 7) is 8.30. The lowest BCUT2D eigenvalue weighted by atomic mass is 10.3. The normalized spacial score (nSPS) is 11.7. The third-order valence-corrected chi connectivity index (χ3v) is 2.79. The molecule has 0 saturated carbocycles. The van der Waals surface area contributed by atoms with Gasteiger partial charge in [-0.05, 0) is 33.4 Å². The van der Waals surface area contributed by atoms with Crippen molar-refractivity contribution in [3.05, 3.63) is 12.2 Å². The maximum Gasteiger partial charge on any atom is 0.141 e. The summed E-state index contributed by atoms with van der Waals surface area (Å²) >= 11 is 0. The van der Waals surface area contributed by atoms with E-state index in [1.54, 1.807) is 13.4 Å². The summed E-state index contributed by atoms with van der Waals surface area (Å²) in [6, 6.07) is 0.335.